The molecule has 0 atom stereocenters. The maximum atomic E-state index is 11.9. The fourth-order valence-electron chi connectivity index (χ4n) is 1.79. The first kappa shape index (κ1) is 16.5. The monoisotopic (exact) mass is 274 g/mol. The standard InChI is InChI=1S/C11H16N4O4.Li/c1-11(2,3)19-10(18)14-4-5-15-7(6-14)12-13-8(15)9(16)17;/h4-6H2,1-3H3,(H,16,17);/q;+1/p-1. The van der Waals surface area contributed by atoms with E-state index in [9.17, 15) is 14.7 Å². The molecule has 0 unspecified atom stereocenters. The fraction of sp³-hybridized carbons (Fsp3) is 0.636. The molecule has 1 aromatic heterocycles. The van der Waals surface area contributed by atoms with Crippen LogP contribution in [0.4, 0.5) is 4.79 Å². The molecule has 0 aromatic carbocycles. The summed E-state index contributed by atoms with van der Waals surface area (Å²) in [5, 5.41) is 18.1. The van der Waals surface area contributed by atoms with E-state index < -0.39 is 17.7 Å². The van der Waals surface area contributed by atoms with Crippen LogP contribution in [0, 0.1) is 0 Å². The summed E-state index contributed by atoms with van der Waals surface area (Å²) in [6, 6.07) is 0. The van der Waals surface area contributed by atoms with Crippen LogP contribution in [0.3, 0.4) is 0 Å². The molecule has 2 rings (SSSR count). The number of nitrogens with zero attached hydrogens (tertiary/aromatic N) is 4. The number of hydrogen-bond acceptors (Lipinski definition) is 6. The van der Waals surface area contributed by atoms with Gasteiger partial charge in [-0.25, -0.2) is 4.79 Å². The van der Waals surface area contributed by atoms with Gasteiger partial charge in [0.15, 0.2) is 11.6 Å². The van der Waals surface area contributed by atoms with Crippen LogP contribution in [0.1, 0.15) is 37.2 Å². The maximum Gasteiger partial charge on any atom is 1.00 e. The van der Waals surface area contributed by atoms with Crippen LogP contribution in [0.2, 0.25) is 0 Å². The number of amides is 1. The summed E-state index contributed by atoms with van der Waals surface area (Å²) in [6.45, 7) is 6.18. The predicted molar refractivity (Wildman–Crippen MR) is 61.0 cm³/mol. The van der Waals surface area contributed by atoms with Crippen LogP contribution in [-0.2, 0) is 17.8 Å². The van der Waals surface area contributed by atoms with Gasteiger partial charge in [0.25, 0.3) is 0 Å². The van der Waals surface area contributed by atoms with E-state index in [2.05, 4.69) is 10.2 Å². The molecule has 1 aromatic rings. The van der Waals surface area contributed by atoms with Crippen molar-refractivity contribution in [3.8, 4) is 0 Å². The Morgan fingerprint density at radius 1 is 1.25 bits per heavy atom. The van der Waals surface area contributed by atoms with Crippen molar-refractivity contribution in [3.05, 3.63) is 11.6 Å². The molecule has 104 valence electrons. The van der Waals surface area contributed by atoms with Crippen LogP contribution >= 0.6 is 0 Å². The summed E-state index contributed by atoms with van der Waals surface area (Å²) < 4.78 is 6.69. The van der Waals surface area contributed by atoms with Crippen molar-refractivity contribution in [3.63, 3.8) is 0 Å². The number of aromatic carboxylic acids is 1. The van der Waals surface area contributed by atoms with Crippen molar-refractivity contribution in [1.82, 2.24) is 19.7 Å². The molecule has 0 spiro atoms. The number of carboxylic acid groups (broad SMARTS) is 1. The Morgan fingerprint density at radius 3 is 2.45 bits per heavy atom. The third-order valence-electron chi connectivity index (χ3n) is 2.59. The van der Waals surface area contributed by atoms with E-state index in [1.165, 1.54) is 9.47 Å². The number of hydrogen-bond donors (Lipinski definition) is 0. The minimum atomic E-state index is -1.37. The van der Waals surface area contributed by atoms with Gasteiger partial charge in [-0.2, -0.15) is 0 Å². The van der Waals surface area contributed by atoms with E-state index in [0.717, 1.165) is 0 Å². The van der Waals surface area contributed by atoms with E-state index in [0.29, 0.717) is 18.9 Å². The third kappa shape index (κ3) is 3.52. The second-order valence-corrected chi connectivity index (χ2v) is 5.28. The molecule has 0 N–H and O–H groups in total. The summed E-state index contributed by atoms with van der Waals surface area (Å²) >= 11 is 0. The van der Waals surface area contributed by atoms with E-state index in [1.807, 2.05) is 0 Å². The molecule has 9 heteroatoms. The first-order valence-corrected chi connectivity index (χ1v) is 5.89. The number of rotatable bonds is 1. The van der Waals surface area contributed by atoms with Gasteiger partial charge in [0, 0.05) is 13.1 Å². The second kappa shape index (κ2) is 5.85. The summed E-state index contributed by atoms with van der Waals surface area (Å²) in [7, 11) is 0. The van der Waals surface area contributed by atoms with E-state index >= 15 is 0 Å². The minimum Gasteiger partial charge on any atom is -0.541 e. The van der Waals surface area contributed by atoms with Gasteiger partial charge in [0.05, 0.1) is 6.54 Å². The molecule has 0 saturated carbocycles. The summed E-state index contributed by atoms with van der Waals surface area (Å²) in [5.74, 6) is -1.17. The van der Waals surface area contributed by atoms with Crippen LogP contribution < -0.4 is 24.0 Å². The number of fused-ring (bicyclic) bond motifs is 1. The molecule has 1 aliphatic heterocycles. The van der Waals surface area contributed by atoms with Gasteiger partial charge in [-0.15, -0.1) is 10.2 Å². The summed E-state index contributed by atoms with van der Waals surface area (Å²) in [4.78, 5) is 24.1. The Morgan fingerprint density at radius 2 is 1.90 bits per heavy atom. The van der Waals surface area contributed by atoms with Crippen LogP contribution in [0.5, 0.6) is 0 Å². The van der Waals surface area contributed by atoms with E-state index in [-0.39, 0.29) is 31.2 Å². The summed E-state index contributed by atoms with van der Waals surface area (Å²) in [6.07, 6.45) is -0.447. The molecule has 0 radical (unpaired) electrons. The molecule has 1 amide bonds. The molecule has 0 saturated heterocycles. The van der Waals surface area contributed by atoms with Crippen molar-refractivity contribution in [2.45, 2.75) is 39.5 Å². The Labute approximate surface area is 128 Å². The molecular weight excluding hydrogens is 259 g/mol. The molecule has 0 fully saturated rings. The minimum absolute atomic E-state index is 0. The zero-order chi connectivity index (χ0) is 14.2. The van der Waals surface area contributed by atoms with E-state index in [1.54, 1.807) is 20.8 Å². The average molecular weight is 274 g/mol. The van der Waals surface area contributed by atoms with Crippen LogP contribution in [0.15, 0.2) is 0 Å². The van der Waals surface area contributed by atoms with Gasteiger partial charge in [-0.3, -0.25) is 4.90 Å². The van der Waals surface area contributed by atoms with Gasteiger partial charge >= 0.3 is 25.0 Å². The largest absolute Gasteiger partial charge is 1.00 e. The van der Waals surface area contributed by atoms with Gasteiger partial charge in [-0.1, -0.05) is 0 Å². The molecule has 20 heavy (non-hydrogen) atoms. The maximum absolute atomic E-state index is 11.9. The van der Waals surface area contributed by atoms with Crippen molar-refractivity contribution in [2.24, 2.45) is 0 Å². The van der Waals surface area contributed by atoms with Crippen LogP contribution in [-0.4, -0.2) is 43.9 Å². The topological polar surface area (TPSA) is 100 Å². The molecular formula is C11H15LiN4O4. The quantitative estimate of drug-likeness (QED) is 0.490. The first-order valence-electron chi connectivity index (χ1n) is 5.89. The van der Waals surface area contributed by atoms with Crippen molar-refractivity contribution in [2.75, 3.05) is 6.54 Å². The first-order chi connectivity index (χ1) is 8.78. The Hall–Kier alpha value is -1.52. The van der Waals surface area contributed by atoms with Gasteiger partial charge in [0.2, 0.25) is 0 Å². The van der Waals surface area contributed by atoms with Gasteiger partial charge in [0.1, 0.15) is 11.6 Å². The zero-order valence-corrected chi connectivity index (χ0v) is 12.0. The van der Waals surface area contributed by atoms with Crippen molar-refractivity contribution < 1.29 is 38.3 Å². The Balaban J connectivity index is 0.00000200. The molecule has 1 aliphatic rings. The molecule has 8 nitrogen and oxygen atoms in total. The number of carboxylic acids is 1. The molecule has 0 aliphatic carbocycles. The van der Waals surface area contributed by atoms with Gasteiger partial charge < -0.3 is 19.2 Å². The molecule has 0 bridgehead atoms. The Kier molecular flexibility index (Phi) is 4.84. The second-order valence-electron chi connectivity index (χ2n) is 5.28. The average Bonchev–Trinajstić information content (AvgIpc) is 2.68. The van der Waals surface area contributed by atoms with Gasteiger partial charge in [-0.05, 0) is 20.8 Å². The predicted octanol–water partition coefficient (Wildman–Crippen LogP) is -3.60. The third-order valence-corrected chi connectivity index (χ3v) is 2.59. The Bertz CT molecular complexity index is 523. The number of ether oxygens (including phenoxy) is 1. The zero-order valence-electron chi connectivity index (χ0n) is 12.0. The summed E-state index contributed by atoms with van der Waals surface area (Å²) in [5.41, 5.74) is -0.571. The number of carbonyl (C=O) groups is 2. The van der Waals surface area contributed by atoms with Crippen molar-refractivity contribution in [1.29, 1.82) is 0 Å². The number of aromatic nitrogens is 3. The number of carbonyl (C=O) groups excluding carboxylic acids is 2. The fourth-order valence-corrected chi connectivity index (χ4v) is 1.79. The SMILES string of the molecule is CC(C)(C)OC(=O)N1CCn2c(nnc2C(=O)[O-])C1.[Li+]. The normalized spacial score (nSPS) is 14.2. The van der Waals surface area contributed by atoms with Crippen LogP contribution in [0.25, 0.3) is 0 Å². The van der Waals surface area contributed by atoms with Crippen molar-refractivity contribution >= 4 is 12.1 Å². The van der Waals surface area contributed by atoms with E-state index in [4.69, 9.17) is 4.74 Å². The molecule has 2 heterocycles. The smallest absolute Gasteiger partial charge is 0.541 e.